The molecule has 0 spiro atoms. The summed E-state index contributed by atoms with van der Waals surface area (Å²) in [6.07, 6.45) is 0. The third-order valence-electron chi connectivity index (χ3n) is 10.0. The monoisotopic (exact) mass is 618 g/mol. The molecule has 47 heavy (non-hydrogen) atoms. The number of hydrogen-bond donors (Lipinski definition) is 0. The van der Waals surface area contributed by atoms with Gasteiger partial charge in [0.1, 0.15) is 8.07 Å². The van der Waals surface area contributed by atoms with Gasteiger partial charge < -0.3 is 9.13 Å². The van der Waals surface area contributed by atoms with Gasteiger partial charge in [0, 0.05) is 27.2 Å². The fourth-order valence-corrected chi connectivity index (χ4v) is 10.5. The molecule has 2 aromatic heterocycles. The molecule has 9 aromatic rings. The first-order chi connectivity index (χ1) is 23.1. The van der Waals surface area contributed by atoms with Crippen molar-refractivity contribution in [2.75, 3.05) is 0 Å². The van der Waals surface area contributed by atoms with E-state index in [-0.39, 0.29) is 0 Å². The Morgan fingerprint density at radius 2 is 0.957 bits per heavy atom. The Bertz CT molecular complexity index is 2550. The molecule has 0 fully saturated rings. The molecule has 0 amide bonds. The molecule has 2 nitrogen and oxygen atoms in total. The summed E-state index contributed by atoms with van der Waals surface area (Å²) in [4.78, 5) is 0. The topological polar surface area (TPSA) is 9.86 Å². The van der Waals surface area contributed by atoms with Crippen LogP contribution in [-0.2, 0) is 0 Å². The third kappa shape index (κ3) is 4.24. The van der Waals surface area contributed by atoms with E-state index in [1.165, 1.54) is 70.8 Å². The molecule has 0 aliphatic rings. The van der Waals surface area contributed by atoms with Gasteiger partial charge in [-0.15, -0.1) is 0 Å². The summed E-state index contributed by atoms with van der Waals surface area (Å²) in [5.41, 5.74) is 9.76. The maximum atomic E-state index is 2.48. The van der Waals surface area contributed by atoms with Crippen LogP contribution in [0.4, 0.5) is 0 Å². The summed E-state index contributed by atoms with van der Waals surface area (Å²) < 4.78 is 4.94. The Balaban J connectivity index is 1.32. The van der Waals surface area contributed by atoms with E-state index in [0.29, 0.717) is 0 Å². The number of nitrogens with zero attached hydrogens (tertiary/aromatic N) is 2. The summed E-state index contributed by atoms with van der Waals surface area (Å²) in [5, 5.41) is 7.95. The quantitative estimate of drug-likeness (QED) is 0.170. The largest absolute Gasteiger partial charge is 0.307 e. The molecule has 0 saturated heterocycles. The van der Waals surface area contributed by atoms with Crippen LogP contribution in [0.1, 0.15) is 0 Å². The molecule has 0 N–H and O–H groups in total. The van der Waals surface area contributed by atoms with Crippen LogP contribution in [0.5, 0.6) is 0 Å². The van der Waals surface area contributed by atoms with E-state index in [9.17, 15) is 0 Å². The predicted octanol–water partition coefficient (Wildman–Crippen LogP) is 10.4. The van der Waals surface area contributed by atoms with Crippen LogP contribution in [0.25, 0.3) is 66.1 Å². The Kier molecular flexibility index (Phi) is 6.31. The lowest BCUT2D eigenvalue weighted by Gasteiger charge is -2.27. The van der Waals surface area contributed by atoms with E-state index in [0.717, 1.165) is 5.69 Å². The van der Waals surface area contributed by atoms with Crippen molar-refractivity contribution in [1.29, 1.82) is 0 Å². The Morgan fingerprint density at radius 1 is 0.426 bits per heavy atom. The number of hydrogen-bond acceptors (Lipinski definition) is 0. The van der Waals surface area contributed by atoms with Crippen molar-refractivity contribution in [3.63, 3.8) is 0 Å². The molecular weight excluding hydrogens is 585 g/mol. The van der Waals surface area contributed by atoms with Crippen molar-refractivity contribution < 1.29 is 0 Å². The number of aromatic nitrogens is 2. The molecule has 9 rings (SSSR count). The molecule has 3 heteroatoms. The Labute approximate surface area is 275 Å². The molecule has 0 unspecified atom stereocenters. The molecule has 0 saturated carbocycles. The molecule has 224 valence electrons. The Morgan fingerprint density at radius 3 is 1.66 bits per heavy atom. The standard InChI is InChI=1S/C44H34N2Si/c1-47(2,33-18-4-3-5-19-33)43-29-13-9-20-34(43)31-16-14-17-32(30-31)45-39-25-10-8-23-37(39)38-24-15-28-42(44(38)45)46-40-26-11-6-21-35(40)36-22-7-12-27-41(36)46/h3-30H,1-2H3. The first-order valence-corrected chi connectivity index (χ1v) is 19.4. The highest BCUT2D eigenvalue weighted by molar-refractivity contribution is 7.01. The average molecular weight is 619 g/mol. The smallest absolute Gasteiger partial charge is 0.113 e. The fourth-order valence-electron chi connectivity index (χ4n) is 7.73. The van der Waals surface area contributed by atoms with Gasteiger partial charge in [0.25, 0.3) is 0 Å². The molecule has 7 aromatic carbocycles. The zero-order chi connectivity index (χ0) is 31.5. The second kappa shape index (κ2) is 10.7. The molecule has 0 bridgehead atoms. The lowest BCUT2D eigenvalue weighted by Crippen LogP contribution is -2.53. The third-order valence-corrected chi connectivity index (χ3v) is 13.6. The van der Waals surface area contributed by atoms with Crippen molar-refractivity contribution in [2.45, 2.75) is 13.1 Å². The van der Waals surface area contributed by atoms with Crippen molar-refractivity contribution in [1.82, 2.24) is 9.13 Å². The van der Waals surface area contributed by atoms with E-state index < -0.39 is 8.07 Å². The number of benzene rings is 7. The van der Waals surface area contributed by atoms with E-state index in [1.54, 1.807) is 0 Å². The maximum Gasteiger partial charge on any atom is 0.113 e. The maximum absolute atomic E-state index is 2.48. The summed E-state index contributed by atoms with van der Waals surface area (Å²) in [5.74, 6) is 0. The van der Waals surface area contributed by atoms with E-state index >= 15 is 0 Å². The van der Waals surface area contributed by atoms with Crippen LogP contribution in [0.2, 0.25) is 13.1 Å². The van der Waals surface area contributed by atoms with Gasteiger partial charge >= 0.3 is 0 Å². The number of fused-ring (bicyclic) bond motifs is 6. The van der Waals surface area contributed by atoms with Crippen molar-refractivity contribution >= 4 is 62.1 Å². The van der Waals surface area contributed by atoms with Crippen LogP contribution in [0.15, 0.2) is 170 Å². The van der Waals surface area contributed by atoms with Gasteiger partial charge in [0.05, 0.1) is 27.8 Å². The second-order valence-electron chi connectivity index (χ2n) is 13.0. The Hall–Kier alpha value is -5.64. The molecule has 0 aliphatic carbocycles. The van der Waals surface area contributed by atoms with Crippen LogP contribution in [-0.4, -0.2) is 17.2 Å². The number of para-hydroxylation sites is 4. The fraction of sp³-hybridized carbons (Fsp3) is 0.0455. The van der Waals surface area contributed by atoms with Gasteiger partial charge in [0.15, 0.2) is 0 Å². The van der Waals surface area contributed by atoms with Crippen LogP contribution >= 0.6 is 0 Å². The molecule has 0 radical (unpaired) electrons. The summed E-state index contributed by atoms with van der Waals surface area (Å²) in [6, 6.07) is 62.4. The van der Waals surface area contributed by atoms with Gasteiger partial charge in [0.2, 0.25) is 0 Å². The van der Waals surface area contributed by atoms with Gasteiger partial charge in [-0.3, -0.25) is 0 Å². The lowest BCUT2D eigenvalue weighted by molar-refractivity contribution is 1.13. The minimum absolute atomic E-state index is 1.16. The van der Waals surface area contributed by atoms with Crippen LogP contribution in [0.3, 0.4) is 0 Å². The molecule has 0 atom stereocenters. The minimum Gasteiger partial charge on any atom is -0.307 e. The predicted molar refractivity (Wildman–Crippen MR) is 204 cm³/mol. The first-order valence-electron chi connectivity index (χ1n) is 16.4. The summed E-state index contributed by atoms with van der Waals surface area (Å²) in [6.45, 7) is 4.94. The summed E-state index contributed by atoms with van der Waals surface area (Å²) in [7, 11) is -1.96. The zero-order valence-corrected chi connectivity index (χ0v) is 27.6. The molecule has 0 aliphatic heterocycles. The normalized spacial score (nSPS) is 12.0. The lowest BCUT2D eigenvalue weighted by atomic mass is 10.0. The average Bonchev–Trinajstić information content (AvgIpc) is 3.65. The van der Waals surface area contributed by atoms with E-state index in [4.69, 9.17) is 0 Å². The molecule has 2 heterocycles. The highest BCUT2D eigenvalue weighted by atomic mass is 28.3. The van der Waals surface area contributed by atoms with Gasteiger partial charge in [-0.25, -0.2) is 0 Å². The van der Waals surface area contributed by atoms with Crippen LogP contribution < -0.4 is 10.4 Å². The highest BCUT2D eigenvalue weighted by Gasteiger charge is 2.28. The van der Waals surface area contributed by atoms with Crippen molar-refractivity contribution in [2.24, 2.45) is 0 Å². The summed E-state index contributed by atoms with van der Waals surface area (Å²) >= 11 is 0. The SMILES string of the molecule is C[Si](C)(c1ccccc1)c1ccccc1-c1cccc(-n2c3ccccc3c3cccc(-n4c5ccccc5c5ccccc54)c32)c1. The minimum atomic E-state index is -1.96. The van der Waals surface area contributed by atoms with Gasteiger partial charge in [-0.2, -0.15) is 0 Å². The van der Waals surface area contributed by atoms with Gasteiger partial charge in [-0.1, -0.05) is 152 Å². The first kappa shape index (κ1) is 27.6. The number of rotatable bonds is 5. The van der Waals surface area contributed by atoms with E-state index in [1.807, 2.05) is 0 Å². The van der Waals surface area contributed by atoms with Gasteiger partial charge in [-0.05, 0) is 52.7 Å². The molecular formula is C44H34N2Si. The van der Waals surface area contributed by atoms with Crippen molar-refractivity contribution in [3.05, 3.63) is 170 Å². The second-order valence-corrected chi connectivity index (χ2v) is 17.3. The highest BCUT2D eigenvalue weighted by Crippen LogP contribution is 2.40. The van der Waals surface area contributed by atoms with E-state index in [2.05, 4.69) is 192 Å². The zero-order valence-electron chi connectivity index (χ0n) is 26.6. The van der Waals surface area contributed by atoms with Crippen molar-refractivity contribution in [3.8, 4) is 22.5 Å². The van der Waals surface area contributed by atoms with Crippen LogP contribution in [0, 0.1) is 0 Å².